The van der Waals surface area contributed by atoms with Crippen LogP contribution in [0.5, 0.6) is 0 Å². The van der Waals surface area contributed by atoms with Crippen LogP contribution in [0.1, 0.15) is 24.3 Å². The molecule has 0 aliphatic carbocycles. The first kappa shape index (κ1) is 9.61. The van der Waals surface area contributed by atoms with Gasteiger partial charge in [-0.05, 0) is 35.8 Å². The summed E-state index contributed by atoms with van der Waals surface area (Å²) in [6.07, 6.45) is -0.825. The molecule has 1 aromatic heterocycles. The van der Waals surface area contributed by atoms with Crippen LogP contribution in [0.3, 0.4) is 0 Å². The highest BCUT2D eigenvalue weighted by Crippen LogP contribution is 2.22. The maximum atomic E-state index is 13.0. The highest BCUT2D eigenvalue weighted by atomic mass is 79.9. The van der Waals surface area contributed by atoms with Crippen molar-refractivity contribution in [2.45, 2.75) is 20.0 Å². The molecule has 0 fully saturated rings. The third-order valence-corrected chi connectivity index (χ3v) is 2.38. The average Bonchev–Trinajstić information content (AvgIpc) is 1.96. The Hall–Kier alpha value is -0.480. The second kappa shape index (κ2) is 3.49. The molecule has 0 aliphatic heterocycles. The molecule has 0 aliphatic rings. The predicted octanol–water partition coefficient (Wildman–Crippen LogP) is 2.34. The fourth-order valence-electron chi connectivity index (χ4n) is 0.859. The monoisotopic (exact) mass is 233 g/mol. The van der Waals surface area contributed by atoms with Gasteiger partial charge in [-0.15, -0.1) is 0 Å². The molecule has 1 atom stereocenters. The van der Waals surface area contributed by atoms with E-state index in [1.165, 1.54) is 6.92 Å². The largest absolute Gasteiger partial charge is 0.389 e. The molecule has 4 heteroatoms. The van der Waals surface area contributed by atoms with Gasteiger partial charge in [0.1, 0.15) is 0 Å². The van der Waals surface area contributed by atoms with Crippen LogP contribution in [-0.4, -0.2) is 10.1 Å². The summed E-state index contributed by atoms with van der Waals surface area (Å²) in [4.78, 5) is 3.62. The zero-order valence-electron chi connectivity index (χ0n) is 6.81. The Balaban J connectivity index is 3.23. The molecule has 0 spiro atoms. The maximum Gasteiger partial charge on any atom is 0.218 e. The minimum atomic E-state index is -0.825. The Bertz CT molecular complexity index is 301. The van der Waals surface area contributed by atoms with Crippen LogP contribution in [0.4, 0.5) is 4.39 Å². The first-order valence-corrected chi connectivity index (χ1v) is 4.32. The molecule has 12 heavy (non-hydrogen) atoms. The van der Waals surface area contributed by atoms with Gasteiger partial charge in [-0.2, -0.15) is 4.39 Å². The van der Waals surface area contributed by atoms with Crippen molar-refractivity contribution in [3.63, 3.8) is 0 Å². The van der Waals surface area contributed by atoms with Gasteiger partial charge in [0.05, 0.1) is 11.8 Å². The number of halogens is 2. The van der Waals surface area contributed by atoms with E-state index in [-0.39, 0.29) is 5.56 Å². The molecular weight excluding hydrogens is 225 g/mol. The lowest BCUT2D eigenvalue weighted by Gasteiger charge is -2.07. The number of aryl methyl sites for hydroxylation is 1. The summed E-state index contributed by atoms with van der Waals surface area (Å²) in [6.45, 7) is 3.20. The van der Waals surface area contributed by atoms with Gasteiger partial charge in [0.15, 0.2) is 0 Å². The lowest BCUT2D eigenvalue weighted by Crippen LogP contribution is -2.00. The van der Waals surface area contributed by atoms with Gasteiger partial charge in [0.25, 0.3) is 0 Å². The fraction of sp³-hybridized carbons (Fsp3) is 0.375. The highest BCUT2D eigenvalue weighted by molar-refractivity contribution is 9.10. The smallest absolute Gasteiger partial charge is 0.218 e. The summed E-state index contributed by atoms with van der Waals surface area (Å²) in [5.74, 6) is -0.606. The lowest BCUT2D eigenvalue weighted by molar-refractivity contribution is 0.192. The Morgan fingerprint density at radius 3 is 2.75 bits per heavy atom. The second-order valence-electron chi connectivity index (χ2n) is 2.61. The van der Waals surface area contributed by atoms with Crippen LogP contribution in [0, 0.1) is 12.9 Å². The van der Waals surface area contributed by atoms with E-state index in [0.29, 0.717) is 10.2 Å². The van der Waals surface area contributed by atoms with Gasteiger partial charge >= 0.3 is 0 Å². The molecule has 1 rings (SSSR count). The fourth-order valence-corrected chi connectivity index (χ4v) is 1.19. The normalized spacial score (nSPS) is 13.1. The van der Waals surface area contributed by atoms with Gasteiger partial charge < -0.3 is 5.11 Å². The number of aliphatic hydroxyl groups excluding tert-OH is 1. The first-order valence-electron chi connectivity index (χ1n) is 3.53. The van der Waals surface area contributed by atoms with Gasteiger partial charge in [0, 0.05) is 10.0 Å². The lowest BCUT2D eigenvalue weighted by atomic mass is 10.2. The second-order valence-corrected chi connectivity index (χ2v) is 3.47. The van der Waals surface area contributed by atoms with Crippen molar-refractivity contribution in [2.24, 2.45) is 0 Å². The van der Waals surface area contributed by atoms with Crippen LogP contribution in [0.15, 0.2) is 10.5 Å². The molecule has 0 saturated carbocycles. The minimum absolute atomic E-state index is 0.215. The minimum Gasteiger partial charge on any atom is -0.389 e. The van der Waals surface area contributed by atoms with Crippen molar-refractivity contribution in [2.75, 3.05) is 0 Å². The van der Waals surface area contributed by atoms with Crippen LogP contribution < -0.4 is 0 Å². The van der Waals surface area contributed by atoms with E-state index < -0.39 is 12.1 Å². The van der Waals surface area contributed by atoms with Crippen molar-refractivity contribution in [3.8, 4) is 0 Å². The number of hydrogen-bond acceptors (Lipinski definition) is 2. The third-order valence-electron chi connectivity index (χ3n) is 1.58. The molecule has 0 amide bonds. The number of hydrogen-bond donors (Lipinski definition) is 1. The highest BCUT2D eigenvalue weighted by Gasteiger charge is 2.11. The molecular formula is C8H9BrFNO. The number of aromatic nitrogens is 1. The topological polar surface area (TPSA) is 33.1 Å². The van der Waals surface area contributed by atoms with Crippen LogP contribution >= 0.6 is 15.9 Å². The summed E-state index contributed by atoms with van der Waals surface area (Å²) >= 11 is 3.21. The van der Waals surface area contributed by atoms with E-state index in [0.717, 1.165) is 0 Å². The number of aliphatic hydroxyl groups is 1. The molecule has 1 heterocycles. The predicted molar refractivity (Wildman–Crippen MR) is 47.3 cm³/mol. The number of rotatable bonds is 1. The molecule has 2 nitrogen and oxygen atoms in total. The Labute approximate surface area is 78.6 Å². The van der Waals surface area contributed by atoms with Crippen LogP contribution in [-0.2, 0) is 0 Å². The van der Waals surface area contributed by atoms with E-state index in [2.05, 4.69) is 20.9 Å². The molecule has 0 aromatic carbocycles. The quantitative estimate of drug-likeness (QED) is 0.756. The summed E-state index contributed by atoms with van der Waals surface area (Å²) in [6, 6.07) is 1.54. The zero-order valence-corrected chi connectivity index (χ0v) is 8.39. The molecule has 0 bridgehead atoms. The Morgan fingerprint density at radius 1 is 1.67 bits per heavy atom. The Kier molecular flexibility index (Phi) is 2.80. The van der Waals surface area contributed by atoms with Gasteiger partial charge in [-0.25, -0.2) is 4.98 Å². The maximum absolute atomic E-state index is 13.0. The molecule has 0 radical (unpaired) electrons. The third kappa shape index (κ3) is 1.81. The van der Waals surface area contributed by atoms with Gasteiger partial charge in [-0.3, -0.25) is 0 Å². The van der Waals surface area contributed by atoms with Gasteiger partial charge in [0.2, 0.25) is 5.95 Å². The summed E-state index contributed by atoms with van der Waals surface area (Å²) < 4.78 is 13.7. The first-order chi connectivity index (χ1) is 5.52. The van der Waals surface area contributed by atoms with E-state index >= 15 is 0 Å². The average molecular weight is 234 g/mol. The van der Waals surface area contributed by atoms with Crippen molar-refractivity contribution in [1.82, 2.24) is 4.98 Å². The van der Waals surface area contributed by atoms with Crippen molar-refractivity contribution >= 4 is 15.9 Å². The molecule has 66 valence electrons. The van der Waals surface area contributed by atoms with Crippen LogP contribution in [0.25, 0.3) is 0 Å². The molecule has 1 N–H and O–H groups in total. The van der Waals surface area contributed by atoms with E-state index in [1.54, 1.807) is 13.0 Å². The SMILES string of the molecule is Cc1nc(F)c([C@@H](C)O)cc1Br. The standard InChI is InChI=1S/C8H9BrFNO/c1-4-7(9)3-6(5(2)12)8(10)11-4/h3,5,12H,1-2H3/t5-/m1/s1. The van der Waals surface area contributed by atoms with Crippen molar-refractivity contribution < 1.29 is 9.50 Å². The molecule has 1 aromatic rings. The zero-order chi connectivity index (χ0) is 9.30. The number of nitrogens with zero attached hydrogens (tertiary/aromatic N) is 1. The van der Waals surface area contributed by atoms with E-state index in [4.69, 9.17) is 5.11 Å². The summed E-state index contributed by atoms with van der Waals surface area (Å²) in [5.41, 5.74) is 0.796. The van der Waals surface area contributed by atoms with E-state index in [1.807, 2.05) is 0 Å². The Morgan fingerprint density at radius 2 is 2.25 bits per heavy atom. The van der Waals surface area contributed by atoms with Crippen molar-refractivity contribution in [3.05, 3.63) is 27.7 Å². The summed E-state index contributed by atoms with van der Waals surface area (Å²) in [5, 5.41) is 9.12. The number of pyridine rings is 1. The van der Waals surface area contributed by atoms with E-state index in [9.17, 15) is 4.39 Å². The summed E-state index contributed by atoms with van der Waals surface area (Å²) in [7, 11) is 0. The van der Waals surface area contributed by atoms with Crippen molar-refractivity contribution in [1.29, 1.82) is 0 Å². The molecule has 0 saturated heterocycles. The van der Waals surface area contributed by atoms with Gasteiger partial charge in [-0.1, -0.05) is 0 Å². The van der Waals surface area contributed by atoms with Crippen LogP contribution in [0.2, 0.25) is 0 Å². The molecule has 0 unspecified atom stereocenters.